The molecule has 1 amide bonds. The summed E-state index contributed by atoms with van der Waals surface area (Å²) < 4.78 is 18.7. The zero-order valence-electron chi connectivity index (χ0n) is 10.3. The number of hydrogen-bond acceptors (Lipinski definition) is 3. The minimum atomic E-state index is -0.485. The highest BCUT2D eigenvalue weighted by molar-refractivity contribution is 9.10. The second-order valence-corrected chi connectivity index (χ2v) is 4.82. The van der Waals surface area contributed by atoms with Crippen molar-refractivity contribution in [3.05, 3.63) is 22.4 Å². The van der Waals surface area contributed by atoms with Crippen LogP contribution >= 0.6 is 15.9 Å². The topological polar surface area (TPSA) is 64.3 Å². The van der Waals surface area contributed by atoms with E-state index in [1.54, 1.807) is 0 Å². The van der Waals surface area contributed by atoms with Gasteiger partial charge in [0.15, 0.2) is 6.61 Å². The highest BCUT2D eigenvalue weighted by Crippen LogP contribution is 2.28. The average Bonchev–Trinajstić information content (AvgIpc) is 2.32. The van der Waals surface area contributed by atoms with Crippen LogP contribution in [0.5, 0.6) is 5.75 Å². The Kier molecular flexibility index (Phi) is 5.40. The van der Waals surface area contributed by atoms with E-state index in [1.165, 1.54) is 6.07 Å². The minimum Gasteiger partial charge on any atom is -0.482 e. The van der Waals surface area contributed by atoms with E-state index in [0.717, 1.165) is 12.5 Å². The molecular formula is C12H16BrFN2O2. The summed E-state index contributed by atoms with van der Waals surface area (Å²) in [4.78, 5) is 11.5. The zero-order valence-corrected chi connectivity index (χ0v) is 11.9. The van der Waals surface area contributed by atoms with Gasteiger partial charge in [-0.15, -0.1) is 0 Å². The highest BCUT2D eigenvalue weighted by atomic mass is 79.9. The van der Waals surface area contributed by atoms with Crippen molar-refractivity contribution in [3.63, 3.8) is 0 Å². The fraction of sp³-hybridized carbons (Fsp3) is 0.417. The number of carbonyl (C=O) groups is 1. The fourth-order valence-corrected chi connectivity index (χ4v) is 1.59. The van der Waals surface area contributed by atoms with Crippen LogP contribution in [-0.4, -0.2) is 18.6 Å². The number of nitrogen functional groups attached to an aromatic ring is 1. The lowest BCUT2D eigenvalue weighted by atomic mass is 10.2. The van der Waals surface area contributed by atoms with E-state index in [1.807, 2.05) is 13.8 Å². The van der Waals surface area contributed by atoms with E-state index in [0.29, 0.717) is 0 Å². The maximum absolute atomic E-state index is 13.3. The van der Waals surface area contributed by atoms with Gasteiger partial charge in [0.1, 0.15) is 11.6 Å². The molecule has 0 fully saturated rings. The van der Waals surface area contributed by atoms with Gasteiger partial charge in [-0.25, -0.2) is 4.39 Å². The summed E-state index contributed by atoms with van der Waals surface area (Å²) >= 11 is 3.01. The van der Waals surface area contributed by atoms with Gasteiger partial charge in [0.05, 0.1) is 10.2 Å². The lowest BCUT2D eigenvalue weighted by Gasteiger charge is -2.13. The molecule has 3 N–H and O–H groups in total. The fourth-order valence-electron chi connectivity index (χ4n) is 1.23. The van der Waals surface area contributed by atoms with Crippen LogP contribution in [0.3, 0.4) is 0 Å². The molecule has 0 aliphatic heterocycles. The van der Waals surface area contributed by atoms with Crippen LogP contribution in [-0.2, 0) is 4.79 Å². The number of hydrogen-bond donors (Lipinski definition) is 2. The first-order valence-corrected chi connectivity index (χ1v) is 6.40. The van der Waals surface area contributed by atoms with Crippen molar-refractivity contribution in [1.82, 2.24) is 5.32 Å². The Morgan fingerprint density at radius 1 is 1.61 bits per heavy atom. The lowest BCUT2D eigenvalue weighted by molar-refractivity contribution is -0.123. The SMILES string of the molecule is CCC(C)NC(=O)COc1cc(F)c(Br)cc1N. The Morgan fingerprint density at radius 2 is 2.28 bits per heavy atom. The largest absolute Gasteiger partial charge is 0.482 e. The summed E-state index contributed by atoms with van der Waals surface area (Å²) in [6, 6.07) is 2.63. The van der Waals surface area contributed by atoms with E-state index < -0.39 is 5.82 Å². The Hall–Kier alpha value is -1.30. The van der Waals surface area contributed by atoms with E-state index in [4.69, 9.17) is 10.5 Å². The number of anilines is 1. The number of ether oxygens (including phenoxy) is 1. The van der Waals surface area contributed by atoms with Gasteiger partial charge in [0.2, 0.25) is 0 Å². The van der Waals surface area contributed by atoms with E-state index >= 15 is 0 Å². The Balaban J connectivity index is 2.58. The quantitative estimate of drug-likeness (QED) is 0.820. The van der Waals surface area contributed by atoms with Crippen LogP contribution in [0.1, 0.15) is 20.3 Å². The molecular weight excluding hydrogens is 303 g/mol. The molecule has 1 rings (SSSR count). The van der Waals surface area contributed by atoms with Gasteiger partial charge in [-0.1, -0.05) is 6.92 Å². The molecule has 0 radical (unpaired) electrons. The molecule has 0 aromatic heterocycles. The van der Waals surface area contributed by atoms with E-state index in [9.17, 15) is 9.18 Å². The average molecular weight is 319 g/mol. The smallest absolute Gasteiger partial charge is 0.258 e. The predicted molar refractivity (Wildman–Crippen MR) is 71.9 cm³/mol. The molecule has 1 atom stereocenters. The van der Waals surface area contributed by atoms with E-state index in [2.05, 4.69) is 21.2 Å². The van der Waals surface area contributed by atoms with Crippen LogP contribution in [0.2, 0.25) is 0 Å². The maximum atomic E-state index is 13.3. The van der Waals surface area contributed by atoms with Crippen molar-refractivity contribution in [3.8, 4) is 5.75 Å². The van der Waals surface area contributed by atoms with Crippen molar-refractivity contribution in [1.29, 1.82) is 0 Å². The van der Waals surface area contributed by atoms with Crippen LogP contribution in [0.15, 0.2) is 16.6 Å². The van der Waals surface area contributed by atoms with Crippen molar-refractivity contribution in [2.24, 2.45) is 0 Å². The number of nitrogens with two attached hydrogens (primary N) is 1. The number of rotatable bonds is 5. The van der Waals surface area contributed by atoms with Crippen LogP contribution in [0.4, 0.5) is 10.1 Å². The summed E-state index contributed by atoms with van der Waals surface area (Å²) in [7, 11) is 0. The Labute approximate surface area is 114 Å². The van der Waals surface area contributed by atoms with Crippen molar-refractivity contribution >= 4 is 27.5 Å². The van der Waals surface area contributed by atoms with Gasteiger partial charge >= 0.3 is 0 Å². The van der Waals surface area contributed by atoms with Gasteiger partial charge < -0.3 is 15.8 Å². The van der Waals surface area contributed by atoms with Crippen molar-refractivity contribution in [2.45, 2.75) is 26.3 Å². The second kappa shape index (κ2) is 6.58. The highest BCUT2D eigenvalue weighted by Gasteiger charge is 2.10. The van der Waals surface area contributed by atoms with E-state index in [-0.39, 0.29) is 34.5 Å². The normalized spacial score (nSPS) is 12.0. The number of nitrogens with one attached hydrogen (secondary N) is 1. The molecule has 0 spiro atoms. The molecule has 18 heavy (non-hydrogen) atoms. The molecule has 1 unspecified atom stereocenters. The third-order valence-corrected chi connectivity index (χ3v) is 3.04. The summed E-state index contributed by atoms with van der Waals surface area (Å²) in [5.41, 5.74) is 5.93. The molecule has 0 aliphatic rings. The number of halogens is 2. The molecule has 1 aromatic rings. The third kappa shape index (κ3) is 4.18. The number of amides is 1. The van der Waals surface area contributed by atoms with Crippen molar-refractivity contribution in [2.75, 3.05) is 12.3 Å². The molecule has 0 saturated carbocycles. The molecule has 100 valence electrons. The standard InChI is InChI=1S/C12H16BrFN2O2/c1-3-7(2)16-12(17)6-18-11-5-9(14)8(13)4-10(11)15/h4-5,7H,3,6,15H2,1-2H3,(H,16,17). The summed E-state index contributed by atoms with van der Waals surface area (Å²) in [6.07, 6.45) is 0.834. The Morgan fingerprint density at radius 3 is 2.89 bits per heavy atom. The lowest BCUT2D eigenvalue weighted by Crippen LogP contribution is -2.35. The van der Waals surface area contributed by atoms with Gasteiger partial charge in [0.25, 0.3) is 5.91 Å². The van der Waals surface area contributed by atoms with Gasteiger partial charge in [0, 0.05) is 12.1 Å². The van der Waals surface area contributed by atoms with Gasteiger partial charge in [-0.05, 0) is 35.3 Å². The molecule has 0 saturated heterocycles. The molecule has 4 nitrogen and oxygen atoms in total. The van der Waals surface area contributed by atoms with Gasteiger partial charge in [-0.3, -0.25) is 4.79 Å². The maximum Gasteiger partial charge on any atom is 0.258 e. The molecule has 0 bridgehead atoms. The monoisotopic (exact) mass is 318 g/mol. The summed E-state index contributed by atoms with van der Waals surface area (Å²) in [6.45, 7) is 3.68. The predicted octanol–water partition coefficient (Wildman–Crippen LogP) is 2.46. The van der Waals surface area contributed by atoms with Crippen molar-refractivity contribution < 1.29 is 13.9 Å². The van der Waals surface area contributed by atoms with Crippen LogP contribution in [0.25, 0.3) is 0 Å². The summed E-state index contributed by atoms with van der Waals surface area (Å²) in [5.74, 6) is -0.580. The molecule has 0 heterocycles. The second-order valence-electron chi connectivity index (χ2n) is 3.97. The summed E-state index contributed by atoms with van der Waals surface area (Å²) in [5, 5.41) is 2.74. The zero-order chi connectivity index (χ0) is 13.7. The Bertz CT molecular complexity index is 440. The number of benzene rings is 1. The minimum absolute atomic E-state index is 0.0834. The van der Waals surface area contributed by atoms with Crippen LogP contribution < -0.4 is 15.8 Å². The van der Waals surface area contributed by atoms with Gasteiger partial charge in [-0.2, -0.15) is 0 Å². The molecule has 1 aromatic carbocycles. The van der Waals surface area contributed by atoms with Crippen LogP contribution in [0, 0.1) is 5.82 Å². The third-order valence-electron chi connectivity index (χ3n) is 2.43. The first-order chi connectivity index (χ1) is 8.43. The first kappa shape index (κ1) is 14.8. The molecule has 0 aliphatic carbocycles. The first-order valence-electron chi connectivity index (χ1n) is 5.60. The molecule has 6 heteroatoms. The number of carbonyl (C=O) groups excluding carboxylic acids is 1.